The van der Waals surface area contributed by atoms with Crippen LogP contribution in [0.3, 0.4) is 0 Å². The molecule has 0 aliphatic rings. The van der Waals surface area contributed by atoms with Crippen molar-refractivity contribution in [3.05, 3.63) is 75.3 Å². The summed E-state index contributed by atoms with van der Waals surface area (Å²) in [4.78, 5) is 30.7. The second-order valence-electron chi connectivity index (χ2n) is 8.50. The predicted octanol–water partition coefficient (Wildman–Crippen LogP) is 5.24. The predicted molar refractivity (Wildman–Crippen MR) is 138 cm³/mol. The van der Waals surface area contributed by atoms with Gasteiger partial charge < -0.3 is 5.32 Å². The Balaban J connectivity index is 1.57. The molecule has 0 unspecified atom stereocenters. The lowest BCUT2D eigenvalue weighted by atomic mass is 10.2. The first kappa shape index (κ1) is 24.0. The number of aryl methyl sites for hydroxylation is 1. The summed E-state index contributed by atoms with van der Waals surface area (Å²) in [6.07, 6.45) is 0. The molecule has 34 heavy (non-hydrogen) atoms. The largest absolute Gasteiger partial charge is 0.322 e. The quantitative estimate of drug-likeness (QED) is 0.280. The van der Waals surface area contributed by atoms with Crippen molar-refractivity contribution >= 4 is 45.9 Å². The molecule has 1 amide bonds. The van der Waals surface area contributed by atoms with Crippen LogP contribution in [0.1, 0.15) is 25.2 Å². The molecule has 0 bridgehead atoms. The van der Waals surface area contributed by atoms with E-state index < -0.39 is 0 Å². The number of carbonyl (C=O) groups excluding carboxylic acids is 1. The maximum Gasteiger partial charge on any atom is 0.262 e. The molecule has 4 aromatic rings. The fraction of sp³-hybridized carbons (Fsp3) is 0.280. The summed E-state index contributed by atoms with van der Waals surface area (Å²) in [7, 11) is 0. The Morgan fingerprint density at radius 1 is 1.15 bits per heavy atom. The average molecular weight is 496 g/mol. The van der Waals surface area contributed by atoms with Crippen LogP contribution in [0.4, 0.5) is 5.69 Å². The molecule has 0 fully saturated rings. The SMILES string of the molecule is Cc1nn(-c2ccccc2)c(C)c1NC(=O)CSc1nc2ccc(Cl)cc2c(=O)n1CC(C)C. The number of carbonyl (C=O) groups is 1. The highest BCUT2D eigenvalue weighted by atomic mass is 35.5. The third-order valence-corrected chi connectivity index (χ3v) is 6.53. The van der Waals surface area contributed by atoms with Gasteiger partial charge in [-0.2, -0.15) is 5.10 Å². The molecule has 2 heterocycles. The van der Waals surface area contributed by atoms with Gasteiger partial charge in [0.1, 0.15) is 0 Å². The van der Waals surface area contributed by atoms with Gasteiger partial charge in [0, 0.05) is 11.6 Å². The highest BCUT2D eigenvalue weighted by molar-refractivity contribution is 7.99. The second kappa shape index (κ2) is 10.0. The fourth-order valence-electron chi connectivity index (χ4n) is 3.76. The number of hydrogen-bond donors (Lipinski definition) is 1. The first-order valence-electron chi connectivity index (χ1n) is 11.0. The standard InChI is InChI=1S/C25H26ClN5O2S/c1-15(2)13-30-24(33)20-12-18(26)10-11-21(20)27-25(30)34-14-22(32)28-23-16(3)29-31(17(23)4)19-8-6-5-7-9-19/h5-12,15H,13-14H2,1-4H3,(H,28,32). The third-order valence-electron chi connectivity index (χ3n) is 5.32. The normalized spacial score (nSPS) is 11.4. The number of benzene rings is 2. The molecule has 0 atom stereocenters. The minimum Gasteiger partial charge on any atom is -0.322 e. The minimum atomic E-state index is -0.189. The van der Waals surface area contributed by atoms with Gasteiger partial charge in [0.2, 0.25) is 5.91 Å². The van der Waals surface area contributed by atoms with Gasteiger partial charge in [-0.25, -0.2) is 9.67 Å². The summed E-state index contributed by atoms with van der Waals surface area (Å²) < 4.78 is 3.44. The lowest BCUT2D eigenvalue weighted by Gasteiger charge is -2.15. The maximum absolute atomic E-state index is 13.1. The van der Waals surface area contributed by atoms with Crippen LogP contribution in [0.15, 0.2) is 58.5 Å². The number of amides is 1. The molecule has 176 valence electrons. The van der Waals surface area contributed by atoms with Crippen LogP contribution in [0.5, 0.6) is 0 Å². The number of nitrogens with one attached hydrogen (secondary N) is 1. The number of para-hydroxylation sites is 1. The van der Waals surface area contributed by atoms with Crippen LogP contribution in [0, 0.1) is 19.8 Å². The van der Waals surface area contributed by atoms with Gasteiger partial charge in [0.15, 0.2) is 5.16 Å². The zero-order valence-corrected chi connectivity index (χ0v) is 21.1. The number of aromatic nitrogens is 4. The van der Waals surface area contributed by atoms with Gasteiger partial charge in [-0.3, -0.25) is 14.2 Å². The molecule has 9 heteroatoms. The minimum absolute atomic E-state index is 0.110. The molecule has 7 nitrogen and oxygen atoms in total. The number of hydrogen-bond acceptors (Lipinski definition) is 5. The van der Waals surface area contributed by atoms with E-state index in [0.29, 0.717) is 33.3 Å². The first-order chi connectivity index (χ1) is 16.2. The van der Waals surface area contributed by atoms with Gasteiger partial charge in [-0.15, -0.1) is 0 Å². The van der Waals surface area contributed by atoms with E-state index in [1.807, 2.05) is 62.7 Å². The van der Waals surface area contributed by atoms with Crippen molar-refractivity contribution in [2.75, 3.05) is 11.1 Å². The summed E-state index contributed by atoms with van der Waals surface area (Å²) >= 11 is 7.34. The number of fused-ring (bicyclic) bond motifs is 1. The number of anilines is 1. The van der Waals surface area contributed by atoms with E-state index >= 15 is 0 Å². The van der Waals surface area contributed by atoms with Crippen LogP contribution in [0.25, 0.3) is 16.6 Å². The van der Waals surface area contributed by atoms with Crippen LogP contribution in [0.2, 0.25) is 5.02 Å². The molecule has 0 saturated carbocycles. The Hall–Kier alpha value is -3.10. The molecular weight excluding hydrogens is 470 g/mol. The molecular formula is C25H26ClN5O2S. The molecule has 0 radical (unpaired) electrons. The van der Waals surface area contributed by atoms with Crippen molar-refractivity contribution < 1.29 is 4.79 Å². The lowest BCUT2D eigenvalue weighted by molar-refractivity contribution is -0.113. The molecule has 4 rings (SSSR count). The third kappa shape index (κ3) is 5.03. The lowest BCUT2D eigenvalue weighted by Crippen LogP contribution is -2.26. The Morgan fingerprint density at radius 3 is 2.59 bits per heavy atom. The van der Waals surface area contributed by atoms with E-state index in [4.69, 9.17) is 11.6 Å². The Kier molecular flexibility index (Phi) is 7.09. The summed E-state index contributed by atoms with van der Waals surface area (Å²) in [5.41, 5.74) is 3.61. The van der Waals surface area contributed by atoms with E-state index in [-0.39, 0.29) is 23.1 Å². The molecule has 2 aromatic heterocycles. The Labute approximate surface area is 207 Å². The van der Waals surface area contributed by atoms with E-state index in [2.05, 4.69) is 15.4 Å². The summed E-state index contributed by atoms with van der Waals surface area (Å²) in [5.74, 6) is 0.155. The van der Waals surface area contributed by atoms with E-state index in [0.717, 1.165) is 17.1 Å². The highest BCUT2D eigenvalue weighted by Crippen LogP contribution is 2.25. The van der Waals surface area contributed by atoms with Crippen LogP contribution in [-0.2, 0) is 11.3 Å². The van der Waals surface area contributed by atoms with Crippen molar-refractivity contribution in [3.63, 3.8) is 0 Å². The van der Waals surface area contributed by atoms with E-state index in [1.54, 1.807) is 22.8 Å². The molecule has 2 aromatic carbocycles. The maximum atomic E-state index is 13.1. The summed E-state index contributed by atoms with van der Waals surface area (Å²) in [5, 5.41) is 9.04. The smallest absolute Gasteiger partial charge is 0.262 e. The zero-order valence-electron chi connectivity index (χ0n) is 19.5. The van der Waals surface area contributed by atoms with E-state index in [9.17, 15) is 9.59 Å². The fourth-order valence-corrected chi connectivity index (χ4v) is 4.74. The van der Waals surface area contributed by atoms with Gasteiger partial charge in [0.25, 0.3) is 5.56 Å². The van der Waals surface area contributed by atoms with Crippen LogP contribution >= 0.6 is 23.4 Å². The molecule has 0 spiro atoms. The summed E-state index contributed by atoms with van der Waals surface area (Å²) in [6, 6.07) is 14.8. The second-order valence-corrected chi connectivity index (χ2v) is 9.87. The van der Waals surface area contributed by atoms with Crippen LogP contribution < -0.4 is 10.9 Å². The van der Waals surface area contributed by atoms with Crippen molar-refractivity contribution in [2.24, 2.45) is 5.92 Å². The number of rotatable bonds is 7. The Bertz CT molecular complexity index is 1410. The monoisotopic (exact) mass is 495 g/mol. The van der Waals surface area contributed by atoms with Crippen molar-refractivity contribution in [3.8, 4) is 5.69 Å². The number of halogens is 1. The van der Waals surface area contributed by atoms with Gasteiger partial charge in [-0.05, 0) is 50.1 Å². The average Bonchev–Trinajstić information content (AvgIpc) is 3.09. The van der Waals surface area contributed by atoms with Crippen LogP contribution in [-0.4, -0.2) is 31.0 Å². The summed E-state index contributed by atoms with van der Waals surface area (Å²) in [6.45, 7) is 8.36. The van der Waals surface area contributed by atoms with Crippen molar-refractivity contribution in [1.29, 1.82) is 0 Å². The topological polar surface area (TPSA) is 81.8 Å². The van der Waals surface area contributed by atoms with Gasteiger partial charge >= 0.3 is 0 Å². The van der Waals surface area contributed by atoms with Crippen molar-refractivity contribution in [1.82, 2.24) is 19.3 Å². The van der Waals surface area contributed by atoms with Crippen molar-refractivity contribution in [2.45, 2.75) is 39.4 Å². The highest BCUT2D eigenvalue weighted by Gasteiger charge is 2.18. The molecule has 0 saturated heterocycles. The van der Waals surface area contributed by atoms with Gasteiger partial charge in [-0.1, -0.05) is 55.4 Å². The molecule has 1 N–H and O–H groups in total. The Morgan fingerprint density at radius 2 is 1.88 bits per heavy atom. The number of thioether (sulfide) groups is 1. The molecule has 0 aliphatic heterocycles. The van der Waals surface area contributed by atoms with E-state index in [1.165, 1.54) is 11.8 Å². The first-order valence-corrected chi connectivity index (χ1v) is 12.4. The number of nitrogens with zero attached hydrogens (tertiary/aromatic N) is 4. The molecule has 0 aliphatic carbocycles. The zero-order chi connectivity index (χ0) is 24.4. The van der Waals surface area contributed by atoms with Gasteiger partial charge in [0.05, 0.1) is 39.4 Å².